The summed E-state index contributed by atoms with van der Waals surface area (Å²) in [5.41, 5.74) is 0.679. The Morgan fingerprint density at radius 3 is 2.48 bits per heavy atom. The molecule has 152 valence electrons. The lowest BCUT2D eigenvalue weighted by atomic mass is 9.79. The van der Waals surface area contributed by atoms with E-state index in [1.165, 1.54) is 31.5 Å². The highest BCUT2D eigenvalue weighted by molar-refractivity contribution is 7.99. The maximum Gasteiger partial charge on any atom is 0.251 e. The number of nitrogens with one attached hydrogen (secondary N) is 2. The topological polar surface area (TPSA) is 74.3 Å². The van der Waals surface area contributed by atoms with Gasteiger partial charge in [-0.3, -0.25) is 14.5 Å². The Hall–Kier alpha value is -2.38. The van der Waals surface area contributed by atoms with Gasteiger partial charge in [0.15, 0.2) is 0 Å². The van der Waals surface area contributed by atoms with Gasteiger partial charge in [0.25, 0.3) is 5.91 Å². The minimum atomic E-state index is -0.146. The largest absolute Gasteiger partial charge is 0.347 e. The summed E-state index contributed by atoms with van der Waals surface area (Å²) >= 11 is 1.49. The zero-order valence-electron chi connectivity index (χ0n) is 16.7. The number of carbonyl (C=O) groups excluding carboxylic acids is 2. The third kappa shape index (κ3) is 4.62. The molecule has 7 heteroatoms. The summed E-state index contributed by atoms with van der Waals surface area (Å²) in [5, 5.41) is 6.75. The predicted octanol–water partition coefficient (Wildman–Crippen LogP) is 3.40. The van der Waals surface area contributed by atoms with Crippen LogP contribution < -0.4 is 10.6 Å². The number of benzene rings is 1. The first-order valence-electron chi connectivity index (χ1n) is 10.1. The molecule has 3 fully saturated rings. The Balaban J connectivity index is 1.39. The summed E-state index contributed by atoms with van der Waals surface area (Å²) in [6.07, 6.45) is 2.35. The molecule has 4 heterocycles. The second-order valence-corrected chi connectivity index (χ2v) is 8.88. The first-order valence-corrected chi connectivity index (χ1v) is 10.9. The van der Waals surface area contributed by atoms with Gasteiger partial charge in [0, 0.05) is 29.5 Å². The van der Waals surface area contributed by atoms with Crippen LogP contribution in [-0.4, -0.2) is 46.9 Å². The number of nitrogens with zero attached hydrogens (tertiary/aromatic N) is 2. The SMILES string of the molecule is CC(=O)Nc1cccc(Sc2ccc(C(=O)NC3C4CCN(CC4)C3C)cc2)n1. The lowest BCUT2D eigenvalue weighted by Crippen LogP contribution is -2.62. The van der Waals surface area contributed by atoms with E-state index in [0.717, 1.165) is 23.0 Å². The molecule has 0 saturated carbocycles. The summed E-state index contributed by atoms with van der Waals surface area (Å²) in [5.74, 6) is 0.978. The van der Waals surface area contributed by atoms with E-state index in [-0.39, 0.29) is 17.9 Å². The predicted molar refractivity (Wildman–Crippen MR) is 114 cm³/mol. The lowest BCUT2D eigenvalue weighted by Gasteiger charge is -2.49. The van der Waals surface area contributed by atoms with Gasteiger partial charge >= 0.3 is 0 Å². The molecule has 2 N–H and O–H groups in total. The van der Waals surface area contributed by atoms with E-state index < -0.39 is 0 Å². The molecule has 0 radical (unpaired) electrons. The normalized spacial score (nSPS) is 25.4. The maximum absolute atomic E-state index is 12.8. The molecule has 0 spiro atoms. The molecule has 1 aromatic carbocycles. The number of aromatic nitrogens is 1. The fourth-order valence-electron chi connectivity index (χ4n) is 4.30. The number of pyridine rings is 1. The standard InChI is InChI=1S/C22H26N4O2S/c1-14-21(16-10-12-26(14)13-11-16)25-22(28)17-6-8-18(9-7-17)29-20-5-3-4-19(24-20)23-15(2)27/h3-9,14,16,21H,10-13H2,1-2H3,(H,25,28)(H,23,24,27). The van der Waals surface area contributed by atoms with Crippen molar-refractivity contribution in [3.8, 4) is 0 Å². The highest BCUT2D eigenvalue weighted by Crippen LogP contribution is 2.32. The lowest BCUT2D eigenvalue weighted by molar-refractivity contribution is -0.114. The molecule has 3 aliphatic rings. The van der Waals surface area contributed by atoms with Gasteiger partial charge < -0.3 is 10.6 Å². The quantitative estimate of drug-likeness (QED) is 0.790. The molecule has 2 aromatic rings. The number of rotatable bonds is 5. The molecule has 2 bridgehead atoms. The molecule has 2 amide bonds. The third-order valence-corrected chi connectivity index (χ3v) is 6.79. The highest BCUT2D eigenvalue weighted by atomic mass is 32.2. The van der Waals surface area contributed by atoms with Crippen LogP contribution in [0.15, 0.2) is 52.4 Å². The molecule has 2 unspecified atom stereocenters. The van der Waals surface area contributed by atoms with Crippen LogP contribution in [0, 0.1) is 5.92 Å². The van der Waals surface area contributed by atoms with Gasteiger partial charge in [-0.2, -0.15) is 0 Å². The fraction of sp³-hybridized carbons (Fsp3) is 0.409. The maximum atomic E-state index is 12.8. The monoisotopic (exact) mass is 410 g/mol. The zero-order chi connectivity index (χ0) is 20.4. The van der Waals surface area contributed by atoms with Gasteiger partial charge in [0.1, 0.15) is 10.8 Å². The van der Waals surface area contributed by atoms with E-state index in [0.29, 0.717) is 23.3 Å². The number of hydrogen-bond donors (Lipinski definition) is 2. The second-order valence-electron chi connectivity index (χ2n) is 7.78. The van der Waals surface area contributed by atoms with Crippen LogP contribution in [0.1, 0.15) is 37.0 Å². The van der Waals surface area contributed by atoms with Crippen LogP contribution >= 0.6 is 11.8 Å². The van der Waals surface area contributed by atoms with Crippen LogP contribution in [0.5, 0.6) is 0 Å². The van der Waals surface area contributed by atoms with Crippen LogP contribution in [-0.2, 0) is 4.79 Å². The smallest absolute Gasteiger partial charge is 0.251 e. The summed E-state index contributed by atoms with van der Waals surface area (Å²) in [6, 6.07) is 13.8. The van der Waals surface area contributed by atoms with Crippen molar-refractivity contribution in [2.75, 3.05) is 18.4 Å². The molecule has 1 aromatic heterocycles. The van der Waals surface area contributed by atoms with Crippen molar-refractivity contribution in [2.45, 2.75) is 48.7 Å². The highest BCUT2D eigenvalue weighted by Gasteiger charge is 2.40. The molecular weight excluding hydrogens is 384 g/mol. The minimum absolute atomic E-state index is 0.00192. The minimum Gasteiger partial charge on any atom is -0.347 e. The number of amides is 2. The Morgan fingerprint density at radius 1 is 1.10 bits per heavy atom. The van der Waals surface area contributed by atoms with Crippen molar-refractivity contribution in [2.24, 2.45) is 5.92 Å². The first-order chi connectivity index (χ1) is 14.0. The fourth-order valence-corrected chi connectivity index (χ4v) is 5.10. The van der Waals surface area contributed by atoms with Gasteiger partial charge in [-0.05, 0) is 75.2 Å². The summed E-state index contributed by atoms with van der Waals surface area (Å²) in [4.78, 5) is 31.8. The molecule has 5 rings (SSSR count). The van der Waals surface area contributed by atoms with Gasteiger partial charge in [-0.15, -0.1) is 0 Å². The molecular formula is C22H26N4O2S. The van der Waals surface area contributed by atoms with Crippen molar-refractivity contribution < 1.29 is 9.59 Å². The van der Waals surface area contributed by atoms with Crippen LogP contribution in [0.3, 0.4) is 0 Å². The molecule has 6 nitrogen and oxygen atoms in total. The molecule has 3 aliphatic heterocycles. The van der Waals surface area contributed by atoms with E-state index in [1.807, 2.05) is 36.4 Å². The van der Waals surface area contributed by atoms with Crippen molar-refractivity contribution in [1.82, 2.24) is 15.2 Å². The zero-order valence-corrected chi connectivity index (χ0v) is 17.5. The van der Waals surface area contributed by atoms with Crippen LogP contribution in [0.25, 0.3) is 0 Å². The Bertz CT molecular complexity index is 892. The summed E-state index contributed by atoms with van der Waals surface area (Å²) in [6.45, 7) is 5.99. The number of carbonyl (C=O) groups is 2. The van der Waals surface area contributed by atoms with Crippen molar-refractivity contribution in [3.05, 3.63) is 48.0 Å². The Morgan fingerprint density at radius 2 is 1.83 bits per heavy atom. The van der Waals surface area contributed by atoms with Gasteiger partial charge in [-0.1, -0.05) is 17.8 Å². The number of fused-ring (bicyclic) bond motifs is 3. The van der Waals surface area contributed by atoms with Crippen molar-refractivity contribution in [1.29, 1.82) is 0 Å². The average Bonchev–Trinajstić information content (AvgIpc) is 2.71. The number of hydrogen-bond acceptors (Lipinski definition) is 5. The Labute approximate surface area is 175 Å². The third-order valence-electron chi connectivity index (χ3n) is 5.84. The second kappa shape index (κ2) is 8.55. The molecule has 0 aliphatic carbocycles. The number of anilines is 1. The summed E-state index contributed by atoms with van der Waals surface area (Å²) < 4.78 is 0. The average molecular weight is 411 g/mol. The Kier molecular flexibility index (Phi) is 5.87. The van der Waals surface area contributed by atoms with Gasteiger partial charge in [0.2, 0.25) is 5.91 Å². The number of piperidine rings is 3. The first kappa shape index (κ1) is 19.9. The van der Waals surface area contributed by atoms with E-state index >= 15 is 0 Å². The van der Waals surface area contributed by atoms with E-state index in [2.05, 4.69) is 27.4 Å². The summed E-state index contributed by atoms with van der Waals surface area (Å²) in [7, 11) is 0. The van der Waals surface area contributed by atoms with Crippen LogP contribution in [0.2, 0.25) is 0 Å². The molecule has 29 heavy (non-hydrogen) atoms. The van der Waals surface area contributed by atoms with E-state index in [9.17, 15) is 9.59 Å². The molecule has 2 atom stereocenters. The molecule has 3 saturated heterocycles. The van der Waals surface area contributed by atoms with Crippen molar-refractivity contribution in [3.63, 3.8) is 0 Å². The van der Waals surface area contributed by atoms with E-state index in [4.69, 9.17) is 0 Å². The van der Waals surface area contributed by atoms with Crippen LogP contribution in [0.4, 0.5) is 5.82 Å². The van der Waals surface area contributed by atoms with Crippen molar-refractivity contribution >= 4 is 29.4 Å². The van der Waals surface area contributed by atoms with Gasteiger partial charge in [-0.25, -0.2) is 4.98 Å². The van der Waals surface area contributed by atoms with E-state index in [1.54, 1.807) is 6.07 Å². The van der Waals surface area contributed by atoms with Gasteiger partial charge in [0.05, 0.1) is 0 Å².